The van der Waals surface area contributed by atoms with Crippen molar-refractivity contribution in [3.8, 4) is 28.8 Å². The van der Waals surface area contributed by atoms with E-state index in [1.54, 1.807) is 28.8 Å². The lowest BCUT2D eigenvalue weighted by Crippen LogP contribution is -1.93. The Bertz CT molecular complexity index is 1040. The molecule has 9 nitrogen and oxygen atoms in total. The van der Waals surface area contributed by atoms with E-state index >= 15 is 0 Å². The Morgan fingerprint density at radius 1 is 1.21 bits per heavy atom. The first-order valence-corrected chi connectivity index (χ1v) is 7.02. The summed E-state index contributed by atoms with van der Waals surface area (Å²) in [5.74, 6) is 1.14. The second-order valence-corrected chi connectivity index (χ2v) is 5.13. The van der Waals surface area contributed by atoms with E-state index in [0.717, 1.165) is 11.1 Å². The molecule has 120 valence electrons. The molecule has 0 amide bonds. The van der Waals surface area contributed by atoms with Gasteiger partial charge in [0.25, 0.3) is 0 Å². The number of rotatable bonds is 3. The lowest BCUT2D eigenvalue weighted by atomic mass is 10.2. The van der Waals surface area contributed by atoms with Crippen LogP contribution in [0.3, 0.4) is 0 Å². The van der Waals surface area contributed by atoms with Crippen LogP contribution in [0, 0.1) is 6.92 Å². The highest BCUT2D eigenvalue weighted by Gasteiger charge is 2.18. The van der Waals surface area contributed by atoms with Gasteiger partial charge in [-0.1, -0.05) is 6.07 Å². The normalized spacial score (nSPS) is 11.0. The topological polar surface area (TPSA) is 125 Å². The highest BCUT2D eigenvalue weighted by molar-refractivity contribution is 5.75. The van der Waals surface area contributed by atoms with Crippen molar-refractivity contribution < 1.29 is 14.5 Å². The number of hydrogen-bond donors (Lipinski definition) is 2. The van der Waals surface area contributed by atoms with Gasteiger partial charge in [0, 0.05) is 17.7 Å². The van der Waals surface area contributed by atoms with Gasteiger partial charge in [-0.15, -0.1) is 0 Å². The average molecular weight is 324 g/mol. The summed E-state index contributed by atoms with van der Waals surface area (Å²) in [5.41, 5.74) is 8.28. The van der Waals surface area contributed by atoms with E-state index in [1.807, 2.05) is 6.92 Å². The molecule has 0 bridgehead atoms. The van der Waals surface area contributed by atoms with Crippen molar-refractivity contribution in [2.45, 2.75) is 6.92 Å². The number of hydrogen-bond acceptors (Lipinski definition) is 8. The van der Waals surface area contributed by atoms with Crippen LogP contribution >= 0.6 is 0 Å². The van der Waals surface area contributed by atoms with Crippen LogP contribution in [-0.4, -0.2) is 30.0 Å². The highest BCUT2D eigenvalue weighted by atomic mass is 16.6. The van der Waals surface area contributed by atoms with Crippen LogP contribution in [0.15, 0.2) is 41.3 Å². The summed E-state index contributed by atoms with van der Waals surface area (Å²) in [6.45, 7) is 1.88. The molecular weight excluding hydrogens is 312 g/mol. The number of nitrogen functional groups attached to an aromatic ring is 1. The van der Waals surface area contributed by atoms with Gasteiger partial charge in [-0.2, -0.15) is 5.10 Å². The Kier molecular flexibility index (Phi) is 3.05. The molecule has 3 aromatic heterocycles. The first kappa shape index (κ1) is 14.0. The summed E-state index contributed by atoms with van der Waals surface area (Å²) in [5, 5.41) is 21.2. The summed E-state index contributed by atoms with van der Waals surface area (Å²) < 4.78 is 11.9. The fraction of sp³-hybridized carbons (Fsp3) is 0.0667. The molecule has 0 saturated heterocycles. The number of aryl methyl sites for hydroxylation is 1. The number of fused-ring (bicyclic) bond motifs is 1. The first-order valence-electron chi connectivity index (χ1n) is 7.02. The third kappa shape index (κ3) is 2.28. The van der Waals surface area contributed by atoms with Crippen LogP contribution in [-0.2, 0) is 0 Å². The van der Waals surface area contributed by atoms with Crippen molar-refractivity contribution in [2.24, 2.45) is 0 Å². The molecule has 0 aliphatic carbocycles. The van der Waals surface area contributed by atoms with Crippen LogP contribution in [0.2, 0.25) is 0 Å². The molecule has 0 aliphatic rings. The summed E-state index contributed by atoms with van der Waals surface area (Å²) in [7, 11) is 0. The second kappa shape index (κ2) is 5.23. The van der Waals surface area contributed by atoms with E-state index in [1.165, 1.54) is 12.4 Å². The van der Waals surface area contributed by atoms with E-state index in [-0.39, 0.29) is 11.6 Å². The maximum absolute atomic E-state index is 9.49. The third-order valence-electron chi connectivity index (χ3n) is 3.53. The maximum Gasteiger partial charge on any atom is 0.222 e. The Morgan fingerprint density at radius 3 is 2.83 bits per heavy atom. The highest BCUT2D eigenvalue weighted by Crippen LogP contribution is 2.29. The van der Waals surface area contributed by atoms with Gasteiger partial charge in [0.1, 0.15) is 23.5 Å². The largest absolute Gasteiger partial charge is 0.508 e. The van der Waals surface area contributed by atoms with Gasteiger partial charge in [0.2, 0.25) is 5.88 Å². The Labute approximate surface area is 135 Å². The summed E-state index contributed by atoms with van der Waals surface area (Å²) in [4.78, 5) is 4.20. The molecule has 24 heavy (non-hydrogen) atoms. The monoisotopic (exact) mass is 324 g/mol. The molecular formula is C15H12N6O3. The zero-order valence-electron chi connectivity index (χ0n) is 12.5. The number of aromatic nitrogens is 5. The Morgan fingerprint density at radius 2 is 2.08 bits per heavy atom. The lowest BCUT2D eigenvalue weighted by Gasteiger charge is -2.05. The number of phenolic OH excluding ortho intramolecular Hbond substituents is 1. The second-order valence-electron chi connectivity index (χ2n) is 5.13. The standard InChI is InChI=1S/C15H12N6O3/c1-8-11-6-12(23-10-4-2-3-9(22)5-10)17-7-21(11)18-13(8)14-15(16)20-24-19-14/h2-7,22H,1H3,(H2,16,20). The zero-order chi connectivity index (χ0) is 16.7. The van der Waals surface area contributed by atoms with Crippen molar-refractivity contribution >= 4 is 11.3 Å². The van der Waals surface area contributed by atoms with Gasteiger partial charge in [-0.05, 0) is 29.4 Å². The minimum atomic E-state index is 0.116. The van der Waals surface area contributed by atoms with E-state index < -0.39 is 0 Å². The molecule has 0 saturated carbocycles. The zero-order valence-corrected chi connectivity index (χ0v) is 12.5. The van der Waals surface area contributed by atoms with Crippen molar-refractivity contribution in [1.82, 2.24) is 24.9 Å². The van der Waals surface area contributed by atoms with Crippen LogP contribution < -0.4 is 10.5 Å². The average Bonchev–Trinajstić information content (AvgIpc) is 3.11. The Hall–Kier alpha value is -3.62. The fourth-order valence-corrected chi connectivity index (χ4v) is 2.37. The number of anilines is 1. The van der Waals surface area contributed by atoms with Gasteiger partial charge < -0.3 is 15.6 Å². The van der Waals surface area contributed by atoms with Crippen LogP contribution in [0.4, 0.5) is 5.82 Å². The Balaban J connectivity index is 1.76. The SMILES string of the molecule is Cc1c(-c2nonc2N)nn2cnc(Oc3cccc(O)c3)cc12. The maximum atomic E-state index is 9.49. The number of nitrogens with two attached hydrogens (primary N) is 1. The van der Waals surface area contributed by atoms with E-state index in [9.17, 15) is 5.11 Å². The van der Waals surface area contributed by atoms with Gasteiger partial charge >= 0.3 is 0 Å². The van der Waals surface area contributed by atoms with Gasteiger partial charge in [-0.3, -0.25) is 0 Å². The molecule has 0 radical (unpaired) electrons. The number of nitrogens with zero attached hydrogens (tertiary/aromatic N) is 5. The summed E-state index contributed by atoms with van der Waals surface area (Å²) >= 11 is 0. The molecule has 0 unspecified atom stereocenters. The minimum absolute atomic E-state index is 0.116. The van der Waals surface area contributed by atoms with Crippen molar-refractivity contribution in [3.05, 3.63) is 42.2 Å². The molecule has 3 heterocycles. The van der Waals surface area contributed by atoms with Gasteiger partial charge in [0.15, 0.2) is 11.5 Å². The van der Waals surface area contributed by atoms with E-state index in [4.69, 9.17) is 10.5 Å². The number of phenols is 1. The molecule has 9 heteroatoms. The predicted molar refractivity (Wildman–Crippen MR) is 83.6 cm³/mol. The molecule has 4 rings (SSSR count). The van der Waals surface area contributed by atoms with Crippen LogP contribution in [0.5, 0.6) is 17.4 Å². The molecule has 3 N–H and O–H groups in total. The predicted octanol–water partition coefficient (Wildman–Crippen LogP) is 2.17. The molecule has 0 aliphatic heterocycles. The van der Waals surface area contributed by atoms with Crippen molar-refractivity contribution in [3.63, 3.8) is 0 Å². The molecule has 1 aromatic carbocycles. The number of benzene rings is 1. The lowest BCUT2D eigenvalue weighted by molar-refractivity contribution is 0.310. The summed E-state index contributed by atoms with van der Waals surface area (Å²) in [6.07, 6.45) is 1.52. The summed E-state index contributed by atoms with van der Waals surface area (Å²) in [6, 6.07) is 8.21. The fourth-order valence-electron chi connectivity index (χ4n) is 2.37. The minimum Gasteiger partial charge on any atom is -0.508 e. The van der Waals surface area contributed by atoms with Gasteiger partial charge in [0.05, 0.1) is 5.52 Å². The van der Waals surface area contributed by atoms with E-state index in [0.29, 0.717) is 23.0 Å². The third-order valence-corrected chi connectivity index (χ3v) is 3.53. The van der Waals surface area contributed by atoms with E-state index in [2.05, 4.69) is 25.0 Å². The molecule has 4 aromatic rings. The smallest absolute Gasteiger partial charge is 0.222 e. The van der Waals surface area contributed by atoms with Crippen molar-refractivity contribution in [1.29, 1.82) is 0 Å². The number of ether oxygens (including phenoxy) is 1. The van der Waals surface area contributed by atoms with Crippen LogP contribution in [0.25, 0.3) is 16.9 Å². The molecule has 0 spiro atoms. The first-order chi connectivity index (χ1) is 11.6. The van der Waals surface area contributed by atoms with Gasteiger partial charge in [-0.25, -0.2) is 14.1 Å². The molecule has 0 atom stereocenters. The molecule has 0 fully saturated rings. The van der Waals surface area contributed by atoms with Crippen molar-refractivity contribution in [2.75, 3.05) is 5.73 Å². The van der Waals surface area contributed by atoms with Crippen LogP contribution in [0.1, 0.15) is 5.56 Å². The number of aromatic hydroxyl groups is 1. The quantitative estimate of drug-likeness (QED) is 0.587.